The lowest BCUT2D eigenvalue weighted by Crippen LogP contribution is -2.31. The molecular formula is C20H19NO4. The van der Waals surface area contributed by atoms with E-state index in [1.807, 2.05) is 26.0 Å². The molecule has 0 radical (unpaired) electrons. The number of imide groups is 1. The van der Waals surface area contributed by atoms with Crippen LogP contribution in [0.5, 0.6) is 5.75 Å². The molecule has 0 unspecified atom stereocenters. The number of hydrogen-bond donors (Lipinski definition) is 0. The van der Waals surface area contributed by atoms with E-state index in [9.17, 15) is 14.4 Å². The number of aryl methyl sites for hydroxylation is 2. The highest BCUT2D eigenvalue weighted by atomic mass is 16.5. The lowest BCUT2D eigenvalue weighted by atomic mass is 10.1. The molecule has 2 aromatic rings. The molecule has 0 saturated heterocycles. The summed E-state index contributed by atoms with van der Waals surface area (Å²) in [6, 6.07) is 12.2. The first-order valence-electron chi connectivity index (χ1n) is 8.20. The van der Waals surface area contributed by atoms with Gasteiger partial charge in [0.05, 0.1) is 11.1 Å². The van der Waals surface area contributed by atoms with Gasteiger partial charge in [-0.15, -0.1) is 0 Å². The van der Waals surface area contributed by atoms with E-state index in [0.29, 0.717) is 23.3 Å². The molecule has 2 amide bonds. The number of carbonyl (C=O) groups is 3. The van der Waals surface area contributed by atoms with Crippen LogP contribution in [-0.2, 0) is 4.79 Å². The zero-order valence-electron chi connectivity index (χ0n) is 14.2. The lowest BCUT2D eigenvalue weighted by Gasteiger charge is -2.13. The number of rotatable bonds is 5. The zero-order valence-corrected chi connectivity index (χ0v) is 14.2. The molecule has 25 heavy (non-hydrogen) atoms. The largest absolute Gasteiger partial charge is 0.427 e. The molecule has 0 bridgehead atoms. The molecule has 5 nitrogen and oxygen atoms in total. The van der Waals surface area contributed by atoms with Crippen LogP contribution in [0.2, 0.25) is 0 Å². The predicted octanol–water partition coefficient (Wildman–Crippen LogP) is 3.29. The summed E-state index contributed by atoms with van der Waals surface area (Å²) in [5, 5.41) is 0. The lowest BCUT2D eigenvalue weighted by molar-refractivity contribution is -0.134. The Balaban J connectivity index is 1.53. The molecule has 1 aliphatic rings. The Morgan fingerprint density at radius 1 is 0.960 bits per heavy atom. The number of esters is 1. The van der Waals surface area contributed by atoms with E-state index in [4.69, 9.17) is 4.74 Å². The smallest absolute Gasteiger partial charge is 0.311 e. The van der Waals surface area contributed by atoms with Gasteiger partial charge in [-0.3, -0.25) is 19.3 Å². The normalized spacial score (nSPS) is 13.1. The van der Waals surface area contributed by atoms with Crippen LogP contribution in [0.15, 0.2) is 42.5 Å². The Bertz CT molecular complexity index is 822. The average Bonchev–Trinajstić information content (AvgIpc) is 2.83. The standard InChI is InChI=1S/C20H19NO4/c1-13-9-10-15(12-14(13)2)25-18(22)8-5-11-21-19(23)16-6-3-4-7-17(16)20(21)24/h3-4,6-7,9-10,12H,5,8,11H2,1-2H3. The number of nitrogens with zero attached hydrogens (tertiary/aromatic N) is 1. The molecule has 0 atom stereocenters. The number of carbonyl (C=O) groups excluding carboxylic acids is 3. The molecular weight excluding hydrogens is 318 g/mol. The van der Waals surface area contributed by atoms with Crippen molar-refractivity contribution in [1.29, 1.82) is 0 Å². The Morgan fingerprint density at radius 2 is 1.60 bits per heavy atom. The summed E-state index contributed by atoms with van der Waals surface area (Å²) in [6.07, 6.45) is 0.509. The fourth-order valence-electron chi connectivity index (χ4n) is 2.78. The first-order chi connectivity index (χ1) is 12.0. The highest BCUT2D eigenvalue weighted by Crippen LogP contribution is 2.23. The third-order valence-electron chi connectivity index (χ3n) is 4.35. The Hall–Kier alpha value is -2.95. The fourth-order valence-corrected chi connectivity index (χ4v) is 2.78. The van der Waals surface area contributed by atoms with Crippen molar-refractivity contribution in [3.63, 3.8) is 0 Å². The van der Waals surface area contributed by atoms with Crippen molar-refractivity contribution in [2.75, 3.05) is 6.54 Å². The summed E-state index contributed by atoms with van der Waals surface area (Å²) < 4.78 is 5.30. The topological polar surface area (TPSA) is 63.7 Å². The maximum absolute atomic E-state index is 12.2. The summed E-state index contributed by atoms with van der Waals surface area (Å²) in [6.45, 7) is 4.15. The number of benzene rings is 2. The predicted molar refractivity (Wildman–Crippen MR) is 92.6 cm³/mol. The fraction of sp³-hybridized carbons (Fsp3) is 0.250. The first kappa shape index (κ1) is 16.9. The minimum absolute atomic E-state index is 0.139. The van der Waals surface area contributed by atoms with Gasteiger partial charge in [-0.1, -0.05) is 18.2 Å². The van der Waals surface area contributed by atoms with Crippen molar-refractivity contribution in [2.24, 2.45) is 0 Å². The minimum Gasteiger partial charge on any atom is -0.427 e. The van der Waals surface area contributed by atoms with E-state index in [-0.39, 0.29) is 30.7 Å². The molecule has 2 aromatic carbocycles. The summed E-state index contributed by atoms with van der Waals surface area (Å²) >= 11 is 0. The van der Waals surface area contributed by atoms with Gasteiger partial charge >= 0.3 is 5.97 Å². The van der Waals surface area contributed by atoms with Gasteiger partial charge in [0.1, 0.15) is 5.75 Å². The van der Waals surface area contributed by atoms with Crippen molar-refractivity contribution >= 4 is 17.8 Å². The summed E-state index contributed by atoms with van der Waals surface area (Å²) in [5.41, 5.74) is 3.03. The number of amides is 2. The summed E-state index contributed by atoms with van der Waals surface area (Å²) in [7, 11) is 0. The quantitative estimate of drug-likeness (QED) is 0.477. The number of fused-ring (bicyclic) bond motifs is 1. The molecule has 0 spiro atoms. The van der Waals surface area contributed by atoms with E-state index in [1.165, 1.54) is 4.90 Å². The van der Waals surface area contributed by atoms with Gasteiger partial charge < -0.3 is 4.74 Å². The Morgan fingerprint density at radius 3 is 2.20 bits per heavy atom. The van der Waals surface area contributed by atoms with Gasteiger partial charge in [0.2, 0.25) is 0 Å². The van der Waals surface area contributed by atoms with Crippen LogP contribution in [-0.4, -0.2) is 29.2 Å². The van der Waals surface area contributed by atoms with Gasteiger partial charge in [-0.05, 0) is 55.7 Å². The molecule has 1 aliphatic heterocycles. The molecule has 0 fully saturated rings. The van der Waals surface area contributed by atoms with E-state index in [2.05, 4.69) is 0 Å². The summed E-state index contributed by atoms with van der Waals surface area (Å²) in [4.78, 5) is 37.6. The van der Waals surface area contributed by atoms with Crippen LogP contribution in [0.4, 0.5) is 0 Å². The van der Waals surface area contributed by atoms with Crippen molar-refractivity contribution in [3.8, 4) is 5.75 Å². The Kier molecular flexibility index (Phi) is 4.65. The monoisotopic (exact) mass is 337 g/mol. The van der Waals surface area contributed by atoms with E-state index < -0.39 is 0 Å². The SMILES string of the molecule is Cc1ccc(OC(=O)CCCN2C(=O)c3ccccc3C2=O)cc1C. The maximum Gasteiger partial charge on any atom is 0.311 e. The van der Waals surface area contributed by atoms with Crippen molar-refractivity contribution < 1.29 is 19.1 Å². The molecule has 128 valence electrons. The second-order valence-electron chi connectivity index (χ2n) is 6.13. The van der Waals surface area contributed by atoms with Gasteiger partial charge in [0.15, 0.2) is 0 Å². The molecule has 0 saturated carbocycles. The molecule has 1 heterocycles. The zero-order chi connectivity index (χ0) is 18.0. The highest BCUT2D eigenvalue weighted by Gasteiger charge is 2.34. The van der Waals surface area contributed by atoms with Gasteiger partial charge in [0, 0.05) is 13.0 Å². The number of ether oxygens (including phenoxy) is 1. The van der Waals surface area contributed by atoms with Crippen molar-refractivity contribution in [3.05, 3.63) is 64.7 Å². The van der Waals surface area contributed by atoms with E-state index in [1.54, 1.807) is 30.3 Å². The van der Waals surface area contributed by atoms with Crippen LogP contribution >= 0.6 is 0 Å². The van der Waals surface area contributed by atoms with Gasteiger partial charge in [0.25, 0.3) is 11.8 Å². The van der Waals surface area contributed by atoms with Gasteiger partial charge in [-0.2, -0.15) is 0 Å². The number of hydrogen-bond acceptors (Lipinski definition) is 4. The first-order valence-corrected chi connectivity index (χ1v) is 8.20. The van der Waals surface area contributed by atoms with Crippen LogP contribution in [0.25, 0.3) is 0 Å². The summed E-state index contributed by atoms with van der Waals surface area (Å²) in [5.74, 6) is -0.472. The molecule has 5 heteroatoms. The second kappa shape index (κ2) is 6.89. The maximum atomic E-state index is 12.2. The van der Waals surface area contributed by atoms with E-state index >= 15 is 0 Å². The molecule has 0 aliphatic carbocycles. The molecule has 0 N–H and O–H groups in total. The van der Waals surface area contributed by atoms with E-state index in [0.717, 1.165) is 11.1 Å². The molecule has 0 aromatic heterocycles. The third kappa shape index (κ3) is 3.45. The van der Waals surface area contributed by atoms with Crippen molar-refractivity contribution in [1.82, 2.24) is 4.90 Å². The second-order valence-corrected chi connectivity index (χ2v) is 6.13. The van der Waals surface area contributed by atoms with Crippen LogP contribution < -0.4 is 4.74 Å². The highest BCUT2D eigenvalue weighted by molar-refractivity contribution is 6.21. The average molecular weight is 337 g/mol. The molecule has 3 rings (SSSR count). The van der Waals surface area contributed by atoms with Crippen molar-refractivity contribution in [2.45, 2.75) is 26.7 Å². The third-order valence-corrected chi connectivity index (χ3v) is 4.35. The van der Waals surface area contributed by atoms with Gasteiger partial charge in [-0.25, -0.2) is 0 Å². The van der Waals surface area contributed by atoms with Crippen LogP contribution in [0.3, 0.4) is 0 Å². The Labute approximate surface area is 146 Å². The van der Waals surface area contributed by atoms with Crippen LogP contribution in [0, 0.1) is 13.8 Å². The van der Waals surface area contributed by atoms with Crippen LogP contribution in [0.1, 0.15) is 44.7 Å². The minimum atomic E-state index is -0.375.